The Bertz CT molecular complexity index is 1030. The summed E-state index contributed by atoms with van der Waals surface area (Å²) in [6, 6.07) is 8.18. The summed E-state index contributed by atoms with van der Waals surface area (Å²) in [6.07, 6.45) is -5.40. The number of rotatable bonds is 9. The Labute approximate surface area is 206 Å². The molecule has 2 aromatic rings. The zero-order chi connectivity index (χ0) is 25.7. The molecule has 196 valence electrons. The van der Waals surface area contributed by atoms with E-state index in [0.29, 0.717) is 42.4 Å². The van der Waals surface area contributed by atoms with Crippen molar-refractivity contribution < 1.29 is 42.4 Å². The van der Waals surface area contributed by atoms with Crippen molar-refractivity contribution in [1.29, 1.82) is 0 Å². The van der Waals surface area contributed by atoms with Crippen molar-refractivity contribution in [1.82, 2.24) is 10.2 Å². The Morgan fingerprint density at radius 3 is 2.58 bits per heavy atom. The maximum absolute atomic E-state index is 13.5. The topological polar surface area (TPSA) is 100 Å². The van der Waals surface area contributed by atoms with Crippen molar-refractivity contribution in [2.45, 2.75) is 43.6 Å². The second-order valence-electron chi connectivity index (χ2n) is 8.81. The fourth-order valence-corrected chi connectivity index (χ4v) is 4.45. The number of hydrogen-bond acceptors (Lipinski definition) is 7. The number of nitrogens with zero attached hydrogens (tertiary/aromatic N) is 1. The average molecular weight is 511 g/mol. The second kappa shape index (κ2) is 11.3. The number of hydrogen-bond donors (Lipinski definition) is 3. The van der Waals surface area contributed by atoms with Gasteiger partial charge in [-0.2, -0.15) is 13.2 Å². The predicted octanol–water partition coefficient (Wildman–Crippen LogP) is 3.18. The summed E-state index contributed by atoms with van der Waals surface area (Å²) >= 11 is 0. The number of nitrogens with one attached hydrogen (secondary N) is 1. The van der Waals surface area contributed by atoms with Gasteiger partial charge in [0, 0.05) is 6.54 Å². The first-order chi connectivity index (χ1) is 17.2. The number of phenols is 1. The number of ether oxygens (including phenoxy) is 3. The molecule has 2 heterocycles. The number of alkyl halides is 3. The van der Waals surface area contributed by atoms with E-state index in [9.17, 15) is 28.2 Å². The van der Waals surface area contributed by atoms with Crippen molar-refractivity contribution in [3.63, 3.8) is 0 Å². The second-order valence-corrected chi connectivity index (χ2v) is 8.81. The number of carbonyl (C=O) groups excluding carboxylic acids is 1. The molecule has 2 aliphatic heterocycles. The third-order valence-corrected chi connectivity index (χ3v) is 6.24. The Morgan fingerprint density at radius 2 is 1.86 bits per heavy atom. The van der Waals surface area contributed by atoms with E-state index in [1.165, 1.54) is 17.0 Å². The first kappa shape index (κ1) is 25.9. The van der Waals surface area contributed by atoms with Gasteiger partial charge in [0.15, 0.2) is 11.5 Å². The van der Waals surface area contributed by atoms with Crippen molar-refractivity contribution >= 4 is 5.91 Å². The summed E-state index contributed by atoms with van der Waals surface area (Å²) in [7, 11) is 0. The minimum atomic E-state index is -4.40. The number of benzene rings is 2. The minimum Gasteiger partial charge on any atom is -0.508 e. The van der Waals surface area contributed by atoms with E-state index < -0.39 is 30.3 Å². The van der Waals surface area contributed by atoms with E-state index in [1.807, 2.05) is 0 Å². The molecule has 3 unspecified atom stereocenters. The van der Waals surface area contributed by atoms with E-state index in [-0.39, 0.29) is 38.3 Å². The van der Waals surface area contributed by atoms with Gasteiger partial charge in [-0.1, -0.05) is 6.07 Å². The van der Waals surface area contributed by atoms with Crippen LogP contribution in [0, 0.1) is 0 Å². The summed E-state index contributed by atoms with van der Waals surface area (Å²) < 4.78 is 57.1. The van der Waals surface area contributed by atoms with E-state index in [1.54, 1.807) is 30.3 Å². The quantitative estimate of drug-likeness (QED) is 0.477. The molecule has 0 aliphatic carbocycles. The van der Waals surface area contributed by atoms with Crippen molar-refractivity contribution in [3.05, 3.63) is 48.0 Å². The lowest BCUT2D eigenvalue weighted by molar-refractivity contribution is -0.177. The molecule has 0 radical (unpaired) electrons. The highest BCUT2D eigenvalue weighted by atomic mass is 19.4. The molecular weight excluding hydrogens is 481 g/mol. The summed E-state index contributed by atoms with van der Waals surface area (Å²) in [5.41, 5.74) is 0.396. The summed E-state index contributed by atoms with van der Waals surface area (Å²) in [5.74, 6) is 1.01. The maximum atomic E-state index is 13.5. The van der Waals surface area contributed by atoms with E-state index >= 15 is 0 Å². The molecule has 0 bridgehead atoms. The number of amides is 1. The molecule has 3 N–H and O–H groups in total. The summed E-state index contributed by atoms with van der Waals surface area (Å²) in [4.78, 5) is 14.0. The van der Waals surface area contributed by atoms with Gasteiger partial charge in [0.25, 0.3) is 0 Å². The zero-order valence-corrected chi connectivity index (χ0v) is 19.5. The number of aliphatic hydroxyl groups excluding tert-OH is 1. The zero-order valence-electron chi connectivity index (χ0n) is 19.5. The molecule has 36 heavy (non-hydrogen) atoms. The first-order valence-corrected chi connectivity index (χ1v) is 11.8. The van der Waals surface area contributed by atoms with Gasteiger partial charge in [0.2, 0.25) is 5.91 Å². The average Bonchev–Trinajstić information content (AvgIpc) is 3.33. The van der Waals surface area contributed by atoms with Crippen molar-refractivity contribution in [3.8, 4) is 23.0 Å². The number of likely N-dealkylation sites (tertiary alicyclic amines) is 1. The lowest BCUT2D eigenvalue weighted by Gasteiger charge is -2.33. The van der Waals surface area contributed by atoms with Crippen LogP contribution in [0.2, 0.25) is 0 Å². The number of aliphatic hydroxyl groups is 1. The number of fused-ring (bicyclic) bond motifs is 1. The van der Waals surface area contributed by atoms with Crippen LogP contribution < -0.4 is 19.5 Å². The molecule has 1 saturated heterocycles. The maximum Gasteiger partial charge on any atom is 0.404 e. The fraction of sp³-hybridized carbons (Fsp3) is 0.480. The highest BCUT2D eigenvalue weighted by Gasteiger charge is 2.46. The van der Waals surface area contributed by atoms with Crippen LogP contribution in [0.25, 0.3) is 0 Å². The number of aromatic hydroxyl groups is 1. The van der Waals surface area contributed by atoms with Crippen LogP contribution in [0.4, 0.5) is 13.2 Å². The first-order valence-electron chi connectivity index (χ1n) is 11.8. The van der Waals surface area contributed by atoms with Crippen LogP contribution in [0.15, 0.2) is 42.5 Å². The highest BCUT2D eigenvalue weighted by molar-refractivity contribution is 5.76. The molecule has 0 spiro atoms. The van der Waals surface area contributed by atoms with Gasteiger partial charge in [0.05, 0.1) is 19.1 Å². The normalized spacial score (nSPS) is 19.5. The smallest absolute Gasteiger partial charge is 0.404 e. The molecule has 4 rings (SSSR count). The van der Waals surface area contributed by atoms with Crippen LogP contribution in [0.5, 0.6) is 23.0 Å². The SMILES string of the molecule is O=C(CCOc1ccc(O)cc1)NC(CN1CCCC1C(F)(F)F)C(O)c1ccc2c(c1)OCCO2. The van der Waals surface area contributed by atoms with Crippen LogP contribution in [0.3, 0.4) is 0 Å². The van der Waals surface area contributed by atoms with Crippen molar-refractivity contribution in [2.24, 2.45) is 0 Å². The molecule has 11 heteroatoms. The Hall–Kier alpha value is -3.18. The molecule has 2 aliphatic rings. The molecular formula is C25H29F3N2O6. The minimum absolute atomic E-state index is 0.0122. The third kappa shape index (κ3) is 6.52. The summed E-state index contributed by atoms with van der Waals surface area (Å²) in [6.45, 7) is 0.791. The standard InChI is InChI=1S/C25H29F3N2O6/c26-25(27,28)22-2-1-10-30(22)15-19(24(33)16-3-8-20-21(14-16)36-13-12-35-20)29-23(32)9-11-34-18-6-4-17(31)5-7-18/h3-8,14,19,22,24,31,33H,1-2,9-13,15H2,(H,29,32). The lowest BCUT2D eigenvalue weighted by Crippen LogP contribution is -2.51. The lowest BCUT2D eigenvalue weighted by atomic mass is 10.00. The van der Waals surface area contributed by atoms with Gasteiger partial charge in [-0.15, -0.1) is 0 Å². The van der Waals surface area contributed by atoms with E-state index in [4.69, 9.17) is 14.2 Å². The van der Waals surface area contributed by atoms with E-state index in [2.05, 4.69) is 5.32 Å². The molecule has 3 atom stereocenters. The molecule has 0 saturated carbocycles. The Balaban J connectivity index is 1.45. The third-order valence-electron chi connectivity index (χ3n) is 6.24. The van der Waals surface area contributed by atoms with Gasteiger partial charge in [-0.3, -0.25) is 9.69 Å². The van der Waals surface area contributed by atoms with Gasteiger partial charge < -0.3 is 29.7 Å². The largest absolute Gasteiger partial charge is 0.508 e. The molecule has 1 fully saturated rings. The van der Waals surface area contributed by atoms with Crippen molar-refractivity contribution in [2.75, 3.05) is 32.9 Å². The van der Waals surface area contributed by atoms with Crippen LogP contribution >= 0.6 is 0 Å². The molecule has 1 amide bonds. The number of carbonyl (C=O) groups is 1. The Morgan fingerprint density at radius 1 is 1.14 bits per heavy atom. The molecule has 2 aromatic carbocycles. The van der Waals surface area contributed by atoms with Gasteiger partial charge in [-0.05, 0) is 61.3 Å². The molecule has 0 aromatic heterocycles. The van der Waals surface area contributed by atoms with Gasteiger partial charge >= 0.3 is 6.18 Å². The van der Waals surface area contributed by atoms with Crippen LogP contribution in [-0.4, -0.2) is 72.2 Å². The molecule has 8 nitrogen and oxygen atoms in total. The number of phenolic OH excluding ortho intramolecular Hbond substituents is 1. The van der Waals surface area contributed by atoms with E-state index in [0.717, 1.165) is 0 Å². The fourth-order valence-electron chi connectivity index (χ4n) is 4.45. The summed E-state index contributed by atoms with van der Waals surface area (Å²) in [5, 5.41) is 23.2. The predicted molar refractivity (Wildman–Crippen MR) is 123 cm³/mol. The van der Waals surface area contributed by atoms with Gasteiger partial charge in [0.1, 0.15) is 36.9 Å². The van der Waals surface area contributed by atoms with Crippen LogP contribution in [-0.2, 0) is 4.79 Å². The highest BCUT2D eigenvalue weighted by Crippen LogP contribution is 2.35. The Kier molecular flexibility index (Phi) is 8.10. The number of halogens is 3. The van der Waals surface area contributed by atoms with Gasteiger partial charge in [-0.25, -0.2) is 0 Å². The van der Waals surface area contributed by atoms with Crippen LogP contribution in [0.1, 0.15) is 30.9 Å². The monoisotopic (exact) mass is 510 g/mol.